The second-order valence-electron chi connectivity index (χ2n) is 7.26. The Bertz CT molecular complexity index is 521. The van der Waals surface area contributed by atoms with Crippen LogP contribution in [0, 0.1) is 11.8 Å². The zero-order valence-corrected chi connectivity index (χ0v) is 17.2. The standard InChI is InChI=1S/C21H36N2O5/c1-5-7-9-11-13-23(4)18(24)14-16(3)15-22-20(26)17(12-10-8-6-2)19(25)21(27)28/h5-6,16-17,19,25H,1-2,7-15H2,3-4H3,(H,22,26)(H,27,28)/t16-,17+,19-/m0/s1. The van der Waals surface area contributed by atoms with Crippen molar-refractivity contribution in [2.75, 3.05) is 20.1 Å². The van der Waals surface area contributed by atoms with Gasteiger partial charge in [-0.2, -0.15) is 0 Å². The van der Waals surface area contributed by atoms with E-state index in [1.54, 1.807) is 18.0 Å². The Morgan fingerprint density at radius 2 is 1.71 bits per heavy atom. The van der Waals surface area contributed by atoms with E-state index in [-0.39, 0.29) is 24.8 Å². The van der Waals surface area contributed by atoms with E-state index in [4.69, 9.17) is 5.11 Å². The minimum Gasteiger partial charge on any atom is -0.479 e. The van der Waals surface area contributed by atoms with Gasteiger partial charge >= 0.3 is 5.97 Å². The van der Waals surface area contributed by atoms with E-state index in [0.29, 0.717) is 25.8 Å². The number of carbonyl (C=O) groups excluding carboxylic acids is 2. The average Bonchev–Trinajstić information content (AvgIpc) is 2.66. The van der Waals surface area contributed by atoms with Gasteiger partial charge in [-0.3, -0.25) is 9.59 Å². The number of rotatable bonds is 16. The van der Waals surface area contributed by atoms with Crippen LogP contribution < -0.4 is 5.32 Å². The number of unbranched alkanes of at least 4 members (excludes halogenated alkanes) is 3. The van der Waals surface area contributed by atoms with Crippen molar-refractivity contribution in [3.63, 3.8) is 0 Å². The van der Waals surface area contributed by atoms with Crippen molar-refractivity contribution in [3.8, 4) is 0 Å². The van der Waals surface area contributed by atoms with Gasteiger partial charge in [0.2, 0.25) is 11.8 Å². The van der Waals surface area contributed by atoms with Gasteiger partial charge in [0, 0.05) is 26.6 Å². The highest BCUT2D eigenvalue weighted by Gasteiger charge is 2.31. The van der Waals surface area contributed by atoms with Gasteiger partial charge in [0.05, 0.1) is 5.92 Å². The molecule has 0 aliphatic carbocycles. The Morgan fingerprint density at radius 1 is 1.11 bits per heavy atom. The first-order valence-corrected chi connectivity index (χ1v) is 9.88. The van der Waals surface area contributed by atoms with E-state index in [2.05, 4.69) is 18.5 Å². The molecule has 7 heteroatoms. The Hall–Kier alpha value is -2.15. The van der Waals surface area contributed by atoms with Gasteiger partial charge in [0.15, 0.2) is 6.10 Å². The van der Waals surface area contributed by atoms with Crippen molar-refractivity contribution in [1.82, 2.24) is 10.2 Å². The molecule has 0 unspecified atom stereocenters. The quantitative estimate of drug-likeness (QED) is 0.274. The predicted molar refractivity (Wildman–Crippen MR) is 110 cm³/mol. The normalized spacial score (nSPS) is 13.8. The van der Waals surface area contributed by atoms with Gasteiger partial charge in [-0.25, -0.2) is 4.79 Å². The molecule has 0 aromatic carbocycles. The first-order valence-electron chi connectivity index (χ1n) is 9.88. The highest BCUT2D eigenvalue weighted by atomic mass is 16.4. The van der Waals surface area contributed by atoms with Crippen molar-refractivity contribution in [3.05, 3.63) is 25.3 Å². The minimum absolute atomic E-state index is 0.00783. The number of hydrogen-bond acceptors (Lipinski definition) is 4. The molecule has 0 bridgehead atoms. The number of nitrogens with one attached hydrogen (secondary N) is 1. The molecule has 0 aromatic rings. The molecule has 0 saturated heterocycles. The summed E-state index contributed by atoms with van der Waals surface area (Å²) in [6, 6.07) is 0. The summed E-state index contributed by atoms with van der Waals surface area (Å²) >= 11 is 0. The molecule has 0 spiro atoms. The molecule has 0 radical (unpaired) electrons. The monoisotopic (exact) mass is 396 g/mol. The van der Waals surface area contributed by atoms with Crippen molar-refractivity contribution in [2.24, 2.45) is 11.8 Å². The largest absolute Gasteiger partial charge is 0.479 e. The third kappa shape index (κ3) is 10.9. The molecule has 0 aliphatic rings. The lowest BCUT2D eigenvalue weighted by atomic mass is 9.94. The molecule has 3 N–H and O–H groups in total. The molecule has 0 aromatic heterocycles. The van der Waals surface area contributed by atoms with Gasteiger partial charge in [-0.1, -0.05) is 19.1 Å². The fourth-order valence-corrected chi connectivity index (χ4v) is 2.78. The van der Waals surface area contributed by atoms with Crippen LogP contribution in [-0.2, 0) is 14.4 Å². The fraction of sp³-hybridized carbons (Fsp3) is 0.667. The zero-order valence-electron chi connectivity index (χ0n) is 17.2. The molecule has 7 nitrogen and oxygen atoms in total. The number of allylic oxidation sites excluding steroid dienone is 2. The SMILES string of the molecule is C=CCCCCN(C)C(=O)C[C@H](C)CNC(=O)[C@H](CCCC=C)[C@H](O)C(=O)O. The predicted octanol–water partition coefficient (Wildman–Crippen LogP) is 2.36. The summed E-state index contributed by atoms with van der Waals surface area (Å²) in [5.74, 6) is -3.03. The van der Waals surface area contributed by atoms with E-state index in [1.807, 2.05) is 13.0 Å². The maximum atomic E-state index is 12.3. The second kappa shape index (κ2) is 14.9. The van der Waals surface area contributed by atoms with E-state index in [1.165, 1.54) is 0 Å². The molecule has 0 fully saturated rings. The van der Waals surface area contributed by atoms with Crippen molar-refractivity contribution in [1.29, 1.82) is 0 Å². The summed E-state index contributed by atoms with van der Waals surface area (Å²) < 4.78 is 0. The summed E-state index contributed by atoms with van der Waals surface area (Å²) in [7, 11) is 1.76. The fourth-order valence-electron chi connectivity index (χ4n) is 2.78. The summed E-state index contributed by atoms with van der Waals surface area (Å²) in [6.07, 6.45) is 6.39. The molecule has 0 saturated carbocycles. The number of carboxylic acid groups (broad SMARTS) is 1. The van der Waals surface area contributed by atoms with Crippen LogP contribution in [0.5, 0.6) is 0 Å². The van der Waals surface area contributed by atoms with E-state index < -0.39 is 23.9 Å². The van der Waals surface area contributed by atoms with Crippen LogP contribution in [-0.4, -0.2) is 59.1 Å². The Labute approximate surface area is 168 Å². The van der Waals surface area contributed by atoms with Crippen LogP contribution in [0.2, 0.25) is 0 Å². The molecule has 3 atom stereocenters. The number of hydrogen-bond donors (Lipinski definition) is 3. The van der Waals surface area contributed by atoms with Crippen LogP contribution in [0.15, 0.2) is 25.3 Å². The molecular formula is C21H36N2O5. The molecule has 0 rings (SSSR count). The number of aliphatic carboxylic acids is 1. The van der Waals surface area contributed by atoms with Crippen LogP contribution in [0.3, 0.4) is 0 Å². The van der Waals surface area contributed by atoms with Crippen molar-refractivity contribution >= 4 is 17.8 Å². The molecule has 0 heterocycles. The number of amides is 2. The third-order valence-electron chi connectivity index (χ3n) is 4.62. The maximum absolute atomic E-state index is 12.3. The lowest BCUT2D eigenvalue weighted by Gasteiger charge is -2.22. The molecule has 0 aliphatic heterocycles. The van der Waals surface area contributed by atoms with Gasteiger partial charge in [-0.05, 0) is 44.4 Å². The van der Waals surface area contributed by atoms with E-state index >= 15 is 0 Å². The molecular weight excluding hydrogens is 360 g/mol. The number of aliphatic hydroxyl groups excluding tert-OH is 1. The number of carboxylic acids is 1. The first kappa shape index (κ1) is 25.9. The van der Waals surface area contributed by atoms with Crippen LogP contribution in [0.25, 0.3) is 0 Å². The summed E-state index contributed by atoms with van der Waals surface area (Å²) in [4.78, 5) is 37.3. The van der Waals surface area contributed by atoms with Gasteiger partial charge in [0.25, 0.3) is 0 Å². The first-order chi connectivity index (χ1) is 13.2. The lowest BCUT2D eigenvalue weighted by Crippen LogP contribution is -2.43. The maximum Gasteiger partial charge on any atom is 0.333 e. The average molecular weight is 397 g/mol. The summed E-state index contributed by atoms with van der Waals surface area (Å²) in [6.45, 7) is 10.0. The molecule has 2 amide bonds. The Kier molecular flexibility index (Phi) is 13.7. The number of aliphatic hydroxyl groups is 1. The van der Waals surface area contributed by atoms with Gasteiger partial charge < -0.3 is 20.4 Å². The van der Waals surface area contributed by atoms with Crippen LogP contribution >= 0.6 is 0 Å². The smallest absolute Gasteiger partial charge is 0.333 e. The highest BCUT2D eigenvalue weighted by molar-refractivity contribution is 5.86. The van der Waals surface area contributed by atoms with Crippen LogP contribution in [0.4, 0.5) is 0 Å². The zero-order chi connectivity index (χ0) is 21.5. The van der Waals surface area contributed by atoms with E-state index in [9.17, 15) is 19.5 Å². The number of nitrogens with zero attached hydrogens (tertiary/aromatic N) is 1. The van der Waals surface area contributed by atoms with Crippen molar-refractivity contribution < 1.29 is 24.6 Å². The summed E-state index contributed by atoms with van der Waals surface area (Å²) in [5.41, 5.74) is 0. The second-order valence-corrected chi connectivity index (χ2v) is 7.26. The van der Waals surface area contributed by atoms with Gasteiger partial charge in [-0.15, -0.1) is 13.2 Å². The van der Waals surface area contributed by atoms with Crippen LogP contribution in [0.1, 0.15) is 51.9 Å². The molecule has 160 valence electrons. The van der Waals surface area contributed by atoms with Gasteiger partial charge in [0.1, 0.15) is 0 Å². The minimum atomic E-state index is -1.75. The number of carbonyl (C=O) groups is 3. The Balaban J connectivity index is 4.46. The molecule has 28 heavy (non-hydrogen) atoms. The Morgan fingerprint density at radius 3 is 2.29 bits per heavy atom. The topological polar surface area (TPSA) is 107 Å². The highest BCUT2D eigenvalue weighted by Crippen LogP contribution is 2.15. The third-order valence-corrected chi connectivity index (χ3v) is 4.62. The lowest BCUT2D eigenvalue weighted by molar-refractivity contribution is -0.153. The summed E-state index contributed by atoms with van der Waals surface area (Å²) in [5, 5.41) is 21.5. The van der Waals surface area contributed by atoms with Crippen molar-refractivity contribution in [2.45, 2.75) is 58.0 Å². The van der Waals surface area contributed by atoms with E-state index in [0.717, 1.165) is 19.3 Å².